The number of nitrogens with zero attached hydrogens (tertiary/aromatic N) is 4. The van der Waals surface area contributed by atoms with Crippen LogP contribution in [-0.2, 0) is 9.53 Å². The van der Waals surface area contributed by atoms with Crippen molar-refractivity contribution in [3.63, 3.8) is 0 Å². The van der Waals surface area contributed by atoms with Gasteiger partial charge >= 0.3 is 0 Å². The third-order valence-corrected chi connectivity index (χ3v) is 5.30. The van der Waals surface area contributed by atoms with E-state index in [1.54, 1.807) is 26.4 Å². The fourth-order valence-corrected chi connectivity index (χ4v) is 3.71. The summed E-state index contributed by atoms with van der Waals surface area (Å²) in [6.45, 7) is 3.21. The topological polar surface area (TPSA) is 166 Å². The lowest BCUT2D eigenvalue weighted by atomic mass is 10.2. The number of halogens is 1. The minimum Gasteiger partial charge on any atom is -0.493 e. The first kappa shape index (κ1) is 26.4. The number of nitrogens with two attached hydrogens (primary N) is 1. The van der Waals surface area contributed by atoms with Crippen molar-refractivity contribution < 1.29 is 30.0 Å². The molecule has 31 heavy (non-hydrogen) atoms. The first-order valence-electron chi connectivity index (χ1n) is 9.45. The highest BCUT2D eigenvalue weighted by molar-refractivity contribution is 5.91. The number of anilines is 2. The van der Waals surface area contributed by atoms with Crippen molar-refractivity contribution in [2.24, 2.45) is 0 Å². The summed E-state index contributed by atoms with van der Waals surface area (Å²) in [7, 11) is 3.16. The number of carbonyl (C=O) groups is 1. The molecule has 12 heteroatoms. The second-order valence-electron chi connectivity index (χ2n) is 6.95. The molecule has 2 aliphatic rings. The zero-order valence-corrected chi connectivity index (χ0v) is 18.4. The molecule has 1 amide bonds. The summed E-state index contributed by atoms with van der Waals surface area (Å²) in [6.07, 6.45) is 1.49. The molecular weight excluding hydrogens is 430 g/mol. The Morgan fingerprint density at radius 3 is 2.32 bits per heavy atom. The van der Waals surface area contributed by atoms with Crippen molar-refractivity contribution in [2.75, 3.05) is 57.6 Å². The fourth-order valence-electron chi connectivity index (χ4n) is 3.71. The Kier molecular flexibility index (Phi) is 9.50. The zero-order chi connectivity index (χ0) is 19.7. The number of ether oxygens (including phenoxy) is 3. The van der Waals surface area contributed by atoms with Crippen LogP contribution in [0.1, 0.15) is 12.8 Å². The molecule has 1 atom stereocenters. The lowest BCUT2D eigenvalue weighted by Crippen LogP contribution is -2.51. The van der Waals surface area contributed by atoms with Crippen LogP contribution in [0.5, 0.6) is 11.5 Å². The van der Waals surface area contributed by atoms with Gasteiger partial charge in [0, 0.05) is 44.2 Å². The molecule has 0 unspecified atom stereocenters. The summed E-state index contributed by atoms with van der Waals surface area (Å²) < 4.78 is 16.2. The van der Waals surface area contributed by atoms with Crippen molar-refractivity contribution in [1.29, 1.82) is 0 Å². The highest BCUT2D eigenvalue weighted by Crippen LogP contribution is 2.34. The van der Waals surface area contributed by atoms with Gasteiger partial charge in [-0.05, 0) is 18.9 Å². The minimum absolute atomic E-state index is 0. The molecular formula is C19H30ClN5O6. The van der Waals surface area contributed by atoms with Gasteiger partial charge in [-0.25, -0.2) is 4.98 Å². The number of rotatable bonds is 4. The molecule has 0 radical (unpaired) electrons. The number of aromatic nitrogens is 2. The van der Waals surface area contributed by atoms with E-state index in [4.69, 9.17) is 19.9 Å². The smallest absolute Gasteiger partial charge is 0.251 e. The average molecular weight is 460 g/mol. The monoisotopic (exact) mass is 459 g/mol. The van der Waals surface area contributed by atoms with E-state index in [9.17, 15) is 4.79 Å². The largest absolute Gasteiger partial charge is 0.493 e. The maximum Gasteiger partial charge on any atom is 0.251 e. The van der Waals surface area contributed by atoms with Crippen molar-refractivity contribution in [2.45, 2.75) is 18.9 Å². The quantitative estimate of drug-likeness (QED) is 0.657. The van der Waals surface area contributed by atoms with Gasteiger partial charge < -0.3 is 40.7 Å². The van der Waals surface area contributed by atoms with Crippen LogP contribution >= 0.6 is 12.4 Å². The Labute approximate surface area is 186 Å². The van der Waals surface area contributed by atoms with Crippen LogP contribution in [0, 0.1) is 0 Å². The SMILES string of the molecule is COc1cc2nc(N3CCN(C(=O)[C@@H]4CCCO4)CC3)nc(N)c2cc1OC.Cl.O.O. The zero-order valence-electron chi connectivity index (χ0n) is 17.6. The van der Waals surface area contributed by atoms with E-state index >= 15 is 0 Å². The van der Waals surface area contributed by atoms with Gasteiger partial charge in [0.25, 0.3) is 5.91 Å². The van der Waals surface area contributed by atoms with Gasteiger partial charge in [0.1, 0.15) is 11.9 Å². The van der Waals surface area contributed by atoms with Gasteiger partial charge in [0.05, 0.1) is 19.7 Å². The molecule has 0 saturated carbocycles. The van der Waals surface area contributed by atoms with Crippen LogP contribution in [0.25, 0.3) is 10.9 Å². The van der Waals surface area contributed by atoms with E-state index in [1.807, 2.05) is 9.80 Å². The molecule has 0 aliphatic carbocycles. The van der Waals surface area contributed by atoms with E-state index in [2.05, 4.69) is 9.97 Å². The number of carbonyl (C=O) groups excluding carboxylic acids is 1. The summed E-state index contributed by atoms with van der Waals surface area (Å²) in [6, 6.07) is 3.58. The Morgan fingerprint density at radius 2 is 1.74 bits per heavy atom. The second kappa shape index (κ2) is 11.1. The number of hydrogen-bond donors (Lipinski definition) is 1. The number of nitrogen functional groups attached to an aromatic ring is 1. The van der Waals surface area contributed by atoms with E-state index in [0.29, 0.717) is 67.0 Å². The fraction of sp³-hybridized carbons (Fsp3) is 0.526. The molecule has 2 aromatic rings. The van der Waals surface area contributed by atoms with Gasteiger partial charge in [0.15, 0.2) is 11.5 Å². The third-order valence-electron chi connectivity index (χ3n) is 5.30. The molecule has 2 fully saturated rings. The van der Waals surface area contributed by atoms with Crippen LogP contribution in [0.15, 0.2) is 12.1 Å². The first-order valence-corrected chi connectivity index (χ1v) is 9.45. The Bertz CT molecular complexity index is 888. The van der Waals surface area contributed by atoms with Crippen LogP contribution in [0.2, 0.25) is 0 Å². The van der Waals surface area contributed by atoms with Crippen molar-refractivity contribution in [1.82, 2.24) is 14.9 Å². The van der Waals surface area contributed by atoms with Gasteiger partial charge in [-0.1, -0.05) is 0 Å². The number of hydrogen-bond acceptors (Lipinski definition) is 8. The molecule has 11 nitrogen and oxygen atoms in total. The van der Waals surface area contributed by atoms with E-state index < -0.39 is 0 Å². The summed E-state index contributed by atoms with van der Waals surface area (Å²) in [5, 5.41) is 0.716. The predicted octanol–water partition coefficient (Wildman–Crippen LogP) is -0.171. The van der Waals surface area contributed by atoms with E-state index in [-0.39, 0.29) is 35.4 Å². The number of benzene rings is 1. The molecule has 0 bridgehead atoms. The normalized spacial score (nSPS) is 17.9. The maximum atomic E-state index is 12.5. The van der Waals surface area contributed by atoms with Crippen LogP contribution in [-0.4, -0.2) is 84.8 Å². The summed E-state index contributed by atoms with van der Waals surface area (Å²) in [5.74, 6) is 2.21. The number of methoxy groups -OCH3 is 2. The maximum absolute atomic E-state index is 12.5. The summed E-state index contributed by atoms with van der Waals surface area (Å²) in [4.78, 5) is 25.6. The Hall–Kier alpha value is -2.60. The molecule has 1 aromatic heterocycles. The summed E-state index contributed by atoms with van der Waals surface area (Å²) >= 11 is 0. The average Bonchev–Trinajstić information content (AvgIpc) is 3.27. The third kappa shape index (κ3) is 5.18. The van der Waals surface area contributed by atoms with Crippen LogP contribution < -0.4 is 20.1 Å². The lowest BCUT2D eigenvalue weighted by Gasteiger charge is -2.35. The minimum atomic E-state index is -0.276. The first-order chi connectivity index (χ1) is 13.6. The standard InChI is InChI=1S/C19H25N5O4.ClH.2H2O/c1-26-15-10-12-13(11-16(15)27-2)21-19(22-17(12)20)24-7-5-23(6-8-24)18(25)14-4-3-9-28-14;;;/h10-11,14H,3-9H2,1-2H3,(H2,20,21,22);1H;2*1H2/t14-;;;/m0.../s1. The van der Waals surface area contributed by atoms with Crippen molar-refractivity contribution in [3.8, 4) is 11.5 Å². The Morgan fingerprint density at radius 1 is 1.10 bits per heavy atom. The van der Waals surface area contributed by atoms with Crippen molar-refractivity contribution >= 4 is 41.0 Å². The summed E-state index contributed by atoms with van der Waals surface area (Å²) in [5.41, 5.74) is 6.87. The van der Waals surface area contributed by atoms with Gasteiger partial charge in [0.2, 0.25) is 5.95 Å². The molecule has 0 spiro atoms. The predicted molar refractivity (Wildman–Crippen MR) is 119 cm³/mol. The van der Waals surface area contributed by atoms with E-state index in [1.165, 1.54) is 0 Å². The molecule has 1 aromatic carbocycles. The van der Waals surface area contributed by atoms with Gasteiger partial charge in [-0.2, -0.15) is 4.98 Å². The molecule has 2 aliphatic heterocycles. The molecule has 174 valence electrons. The number of fused-ring (bicyclic) bond motifs is 1. The Balaban J connectivity index is 0.00000160. The number of piperazine rings is 1. The highest BCUT2D eigenvalue weighted by Gasteiger charge is 2.31. The van der Waals surface area contributed by atoms with Crippen LogP contribution in [0.3, 0.4) is 0 Å². The van der Waals surface area contributed by atoms with Crippen molar-refractivity contribution in [3.05, 3.63) is 12.1 Å². The molecule has 2 saturated heterocycles. The van der Waals surface area contributed by atoms with E-state index in [0.717, 1.165) is 12.8 Å². The van der Waals surface area contributed by atoms with Gasteiger partial charge in [-0.3, -0.25) is 4.79 Å². The molecule has 4 rings (SSSR count). The number of amides is 1. The second-order valence-corrected chi connectivity index (χ2v) is 6.95. The highest BCUT2D eigenvalue weighted by atomic mass is 35.5. The molecule has 6 N–H and O–H groups in total. The lowest BCUT2D eigenvalue weighted by molar-refractivity contribution is -0.141. The molecule has 3 heterocycles. The van der Waals surface area contributed by atoms with Crippen LogP contribution in [0.4, 0.5) is 11.8 Å². The van der Waals surface area contributed by atoms with Gasteiger partial charge in [-0.15, -0.1) is 12.4 Å².